The van der Waals surface area contributed by atoms with E-state index in [1.807, 2.05) is 0 Å². The molecule has 0 saturated carbocycles. The molecule has 0 bridgehead atoms. The highest BCUT2D eigenvalue weighted by atomic mass is 16.5. The first kappa shape index (κ1) is 8.75. The Labute approximate surface area is 56.1 Å². The summed E-state index contributed by atoms with van der Waals surface area (Å²) < 4.78 is 9.59. The van der Waals surface area contributed by atoms with E-state index in [4.69, 9.17) is 10.5 Å². The molecule has 0 amide bonds. The summed E-state index contributed by atoms with van der Waals surface area (Å²) in [6, 6.07) is 0. The van der Waals surface area contributed by atoms with Gasteiger partial charge in [-0.2, -0.15) is 4.74 Å². The molecule has 0 fully saturated rings. The number of nitrogens with two attached hydrogens (primary N) is 1. The van der Waals surface area contributed by atoms with E-state index in [9.17, 15) is 0 Å². The summed E-state index contributed by atoms with van der Waals surface area (Å²) in [5, 5.41) is 0. The van der Waals surface area contributed by atoms with Crippen molar-refractivity contribution in [1.82, 2.24) is 0 Å². The van der Waals surface area contributed by atoms with E-state index < -0.39 is 0 Å². The molecular weight excluding hydrogens is 118 g/mol. The van der Waals surface area contributed by atoms with E-state index in [1.54, 1.807) is 0 Å². The molecule has 3 nitrogen and oxygen atoms in total. The van der Waals surface area contributed by atoms with E-state index in [-0.39, 0.29) is 0 Å². The molecule has 3 heteroatoms. The molecule has 0 aliphatic rings. The number of rotatable bonds is 6. The van der Waals surface area contributed by atoms with Crippen molar-refractivity contribution >= 4 is 0 Å². The van der Waals surface area contributed by atoms with Crippen molar-refractivity contribution < 1.29 is 9.47 Å². The Bertz CT molecular complexity index is 44.3. The standard InChI is InChI=1S/C6H14NO2/c1-8-5-6-9-4-2-3-7/h1-7H2/q+1. The highest BCUT2D eigenvalue weighted by Gasteiger charge is 1.87. The Kier molecular flexibility index (Phi) is 7.53. The van der Waals surface area contributed by atoms with Crippen LogP contribution in [0.25, 0.3) is 0 Å². The van der Waals surface area contributed by atoms with Gasteiger partial charge >= 0.3 is 0 Å². The van der Waals surface area contributed by atoms with Gasteiger partial charge in [0, 0.05) is 6.61 Å². The molecule has 54 valence electrons. The molecule has 0 unspecified atom stereocenters. The smallest absolute Gasteiger partial charge is 0.213 e. The second-order valence-corrected chi connectivity index (χ2v) is 1.66. The van der Waals surface area contributed by atoms with Crippen molar-refractivity contribution in [3.05, 3.63) is 7.11 Å². The third-order valence-corrected chi connectivity index (χ3v) is 0.865. The lowest BCUT2D eigenvalue weighted by molar-refractivity contribution is 0.0824. The summed E-state index contributed by atoms with van der Waals surface area (Å²) in [6.07, 6.45) is 0.914. The topological polar surface area (TPSA) is 44.5 Å². The van der Waals surface area contributed by atoms with E-state index >= 15 is 0 Å². The van der Waals surface area contributed by atoms with Gasteiger partial charge in [0.25, 0.3) is 0 Å². The Morgan fingerprint density at radius 2 is 2.00 bits per heavy atom. The Hall–Kier alpha value is -0.250. The number of hydrogen-bond donors (Lipinski definition) is 1. The van der Waals surface area contributed by atoms with E-state index in [0.29, 0.717) is 19.8 Å². The van der Waals surface area contributed by atoms with Gasteiger partial charge in [-0.25, -0.2) is 0 Å². The van der Waals surface area contributed by atoms with Crippen LogP contribution in [0.1, 0.15) is 6.42 Å². The van der Waals surface area contributed by atoms with Gasteiger partial charge in [0.05, 0.1) is 6.61 Å². The minimum Gasteiger partial charge on any atom is -0.379 e. The quantitative estimate of drug-likeness (QED) is 0.413. The summed E-state index contributed by atoms with van der Waals surface area (Å²) in [7, 11) is 3.20. The molecule has 2 N–H and O–H groups in total. The molecular formula is C6H14NO2+. The van der Waals surface area contributed by atoms with Crippen LogP contribution in [-0.2, 0) is 9.47 Å². The normalized spacial score (nSPS) is 9.89. The maximum absolute atomic E-state index is 5.22. The van der Waals surface area contributed by atoms with Gasteiger partial charge in [0.1, 0.15) is 6.61 Å². The fourth-order valence-electron chi connectivity index (χ4n) is 0.405. The first-order valence-corrected chi connectivity index (χ1v) is 3.06. The molecule has 0 aromatic rings. The first-order chi connectivity index (χ1) is 4.41. The summed E-state index contributed by atoms with van der Waals surface area (Å²) in [5.74, 6) is 0. The third-order valence-electron chi connectivity index (χ3n) is 0.865. The van der Waals surface area contributed by atoms with Crippen LogP contribution in [0.4, 0.5) is 0 Å². The van der Waals surface area contributed by atoms with Gasteiger partial charge in [-0.1, -0.05) is 0 Å². The van der Waals surface area contributed by atoms with Gasteiger partial charge in [0.15, 0.2) is 0 Å². The zero-order chi connectivity index (χ0) is 6.95. The van der Waals surface area contributed by atoms with E-state index in [1.165, 1.54) is 0 Å². The fraction of sp³-hybridized carbons (Fsp3) is 0.833. The zero-order valence-electron chi connectivity index (χ0n) is 5.64. The van der Waals surface area contributed by atoms with Gasteiger partial charge in [-0.15, -0.1) is 0 Å². The lowest BCUT2D eigenvalue weighted by Crippen LogP contribution is -2.07. The van der Waals surface area contributed by atoms with Crippen molar-refractivity contribution in [2.45, 2.75) is 6.42 Å². The minimum atomic E-state index is 0.560. The highest BCUT2D eigenvalue weighted by Crippen LogP contribution is 1.79. The molecule has 9 heavy (non-hydrogen) atoms. The molecule has 0 rings (SSSR count). The molecule has 0 radical (unpaired) electrons. The van der Waals surface area contributed by atoms with Gasteiger partial charge in [-0.3, -0.25) is 0 Å². The summed E-state index contributed by atoms with van der Waals surface area (Å²) >= 11 is 0. The maximum atomic E-state index is 5.22. The first-order valence-electron chi connectivity index (χ1n) is 3.06. The molecule has 0 aromatic carbocycles. The average Bonchev–Trinajstić information content (AvgIpc) is 1.89. The number of ether oxygens (including phenoxy) is 2. The van der Waals surface area contributed by atoms with Crippen LogP contribution in [0.15, 0.2) is 0 Å². The van der Waals surface area contributed by atoms with Crippen molar-refractivity contribution in [2.75, 3.05) is 26.4 Å². The van der Waals surface area contributed by atoms with Crippen LogP contribution in [0.3, 0.4) is 0 Å². The average molecular weight is 132 g/mol. The second-order valence-electron chi connectivity index (χ2n) is 1.66. The second kappa shape index (κ2) is 7.75. The van der Waals surface area contributed by atoms with Crippen LogP contribution < -0.4 is 5.73 Å². The minimum absolute atomic E-state index is 0.560. The molecule has 0 aliphatic heterocycles. The summed E-state index contributed by atoms with van der Waals surface area (Å²) in [4.78, 5) is 0. The van der Waals surface area contributed by atoms with Crippen LogP contribution in [0.5, 0.6) is 0 Å². The maximum Gasteiger partial charge on any atom is 0.213 e. The van der Waals surface area contributed by atoms with Gasteiger partial charge in [-0.05, 0) is 13.0 Å². The van der Waals surface area contributed by atoms with E-state index in [2.05, 4.69) is 11.8 Å². The predicted molar refractivity (Wildman–Crippen MR) is 35.8 cm³/mol. The lowest BCUT2D eigenvalue weighted by Gasteiger charge is -1.97. The Balaban J connectivity index is 2.60. The summed E-state index contributed by atoms with van der Waals surface area (Å²) in [5.41, 5.74) is 5.22. The Morgan fingerprint density at radius 3 is 2.56 bits per heavy atom. The Morgan fingerprint density at radius 1 is 1.22 bits per heavy atom. The van der Waals surface area contributed by atoms with Crippen LogP contribution >= 0.6 is 0 Å². The summed E-state index contributed by atoms with van der Waals surface area (Å²) in [6.45, 7) is 2.58. The SMILES string of the molecule is [CH2+]OCCOCCCN. The molecule has 0 atom stereocenters. The van der Waals surface area contributed by atoms with Crippen molar-refractivity contribution in [3.63, 3.8) is 0 Å². The van der Waals surface area contributed by atoms with Crippen molar-refractivity contribution in [2.24, 2.45) is 5.73 Å². The molecule has 0 saturated heterocycles. The zero-order valence-corrected chi connectivity index (χ0v) is 5.64. The monoisotopic (exact) mass is 132 g/mol. The molecule has 0 aromatic heterocycles. The van der Waals surface area contributed by atoms with E-state index in [0.717, 1.165) is 13.0 Å². The largest absolute Gasteiger partial charge is 0.379 e. The van der Waals surface area contributed by atoms with Crippen molar-refractivity contribution in [1.29, 1.82) is 0 Å². The van der Waals surface area contributed by atoms with Gasteiger partial charge < -0.3 is 10.5 Å². The highest BCUT2D eigenvalue weighted by molar-refractivity contribution is 4.35. The van der Waals surface area contributed by atoms with Crippen LogP contribution in [0, 0.1) is 7.11 Å². The number of hydrogen-bond acceptors (Lipinski definition) is 3. The fourth-order valence-corrected chi connectivity index (χ4v) is 0.405. The third kappa shape index (κ3) is 7.75. The lowest BCUT2D eigenvalue weighted by atomic mass is 10.5. The molecule has 0 heterocycles. The van der Waals surface area contributed by atoms with Gasteiger partial charge in [0.2, 0.25) is 7.11 Å². The predicted octanol–water partition coefficient (Wildman–Crippen LogP) is 0.160. The van der Waals surface area contributed by atoms with Crippen LogP contribution in [-0.4, -0.2) is 26.4 Å². The molecule has 0 aliphatic carbocycles. The molecule has 0 spiro atoms. The van der Waals surface area contributed by atoms with Crippen LogP contribution in [0.2, 0.25) is 0 Å². The van der Waals surface area contributed by atoms with Crippen molar-refractivity contribution in [3.8, 4) is 0 Å².